The second kappa shape index (κ2) is 7.13. The van der Waals surface area contributed by atoms with Gasteiger partial charge in [0.2, 0.25) is 0 Å². The number of amides is 1. The average molecular weight is 317 g/mol. The van der Waals surface area contributed by atoms with Crippen molar-refractivity contribution in [2.45, 2.75) is 38.2 Å². The summed E-state index contributed by atoms with van der Waals surface area (Å²) in [5.41, 5.74) is 1.29. The van der Waals surface area contributed by atoms with Crippen molar-refractivity contribution in [1.82, 2.24) is 4.90 Å². The molecule has 1 atom stereocenters. The Hall–Kier alpha value is -1.88. The van der Waals surface area contributed by atoms with Crippen molar-refractivity contribution in [3.8, 4) is 0 Å². The maximum absolute atomic E-state index is 12.3. The molecule has 1 aromatic rings. The Morgan fingerprint density at radius 2 is 1.91 bits per heavy atom. The molecule has 5 heteroatoms. The predicted octanol–water partition coefficient (Wildman–Crippen LogP) is 2.34. The number of benzene rings is 1. The average Bonchev–Trinajstić information content (AvgIpc) is 3.10. The molecule has 124 valence electrons. The van der Waals surface area contributed by atoms with Gasteiger partial charge in [-0.25, -0.2) is 4.79 Å². The molecule has 0 aromatic heterocycles. The van der Waals surface area contributed by atoms with Crippen LogP contribution in [0.15, 0.2) is 24.3 Å². The maximum atomic E-state index is 12.3. The molecule has 5 nitrogen and oxygen atoms in total. The van der Waals surface area contributed by atoms with Crippen LogP contribution in [0.1, 0.15) is 41.6 Å². The summed E-state index contributed by atoms with van der Waals surface area (Å²) >= 11 is 0. The minimum atomic E-state index is -0.869. The van der Waals surface area contributed by atoms with E-state index in [0.717, 1.165) is 50.8 Å². The van der Waals surface area contributed by atoms with Crippen molar-refractivity contribution >= 4 is 11.9 Å². The van der Waals surface area contributed by atoms with Gasteiger partial charge in [-0.1, -0.05) is 18.2 Å². The number of hydrogen-bond donors (Lipinski definition) is 1. The molecule has 0 aliphatic carbocycles. The smallest absolute Gasteiger partial charge is 0.335 e. The van der Waals surface area contributed by atoms with Gasteiger partial charge in [0.05, 0.1) is 5.56 Å². The molecule has 1 N–H and O–H groups in total. The molecule has 3 rings (SSSR count). The first-order valence-electron chi connectivity index (χ1n) is 8.36. The van der Waals surface area contributed by atoms with Gasteiger partial charge in [-0.05, 0) is 49.7 Å². The van der Waals surface area contributed by atoms with Crippen LogP contribution >= 0.6 is 0 Å². The number of likely N-dealkylation sites (tertiary alicyclic amines) is 1. The molecule has 0 radical (unpaired) electrons. The lowest BCUT2D eigenvalue weighted by Gasteiger charge is -2.33. The van der Waals surface area contributed by atoms with Gasteiger partial charge in [-0.2, -0.15) is 0 Å². The Morgan fingerprint density at radius 1 is 1.17 bits per heavy atom. The Balaban J connectivity index is 1.55. The summed E-state index contributed by atoms with van der Waals surface area (Å²) in [6.07, 6.45) is 4.19. The van der Waals surface area contributed by atoms with Crippen LogP contribution in [0.4, 0.5) is 0 Å². The third kappa shape index (κ3) is 3.72. The molecule has 0 unspecified atom stereocenters. The molecule has 2 saturated heterocycles. The highest BCUT2D eigenvalue weighted by Crippen LogP contribution is 2.25. The van der Waals surface area contributed by atoms with E-state index in [1.165, 1.54) is 0 Å². The highest BCUT2D eigenvalue weighted by atomic mass is 16.5. The van der Waals surface area contributed by atoms with Crippen molar-refractivity contribution in [2.75, 3.05) is 19.7 Å². The molecule has 1 amide bonds. The highest BCUT2D eigenvalue weighted by molar-refractivity contribution is 5.89. The van der Waals surface area contributed by atoms with Gasteiger partial charge >= 0.3 is 5.97 Å². The van der Waals surface area contributed by atoms with Crippen LogP contribution in [0.5, 0.6) is 0 Å². The summed E-state index contributed by atoms with van der Waals surface area (Å²) in [7, 11) is 0. The number of rotatable bonds is 4. The summed E-state index contributed by atoms with van der Waals surface area (Å²) < 4.78 is 5.48. The van der Waals surface area contributed by atoms with Gasteiger partial charge in [0, 0.05) is 19.7 Å². The first-order chi connectivity index (χ1) is 11.1. The zero-order valence-electron chi connectivity index (χ0n) is 13.2. The number of carboxylic acid groups (broad SMARTS) is 1. The van der Waals surface area contributed by atoms with E-state index in [4.69, 9.17) is 4.74 Å². The summed E-state index contributed by atoms with van der Waals surface area (Å²) in [5.74, 6) is -0.303. The Labute approximate surface area is 136 Å². The minimum absolute atomic E-state index is 0.131. The molecule has 2 fully saturated rings. The standard InChI is InChI=1S/C18H23NO4/c20-17(16-6-3-11-23-16)19-9-7-13(8-10-19)12-14-4-1-2-5-15(14)18(21)22/h1-2,4-5,13,16H,3,6-12H2,(H,21,22)/t16-/m0/s1. The highest BCUT2D eigenvalue weighted by Gasteiger charge is 2.31. The van der Waals surface area contributed by atoms with Crippen LogP contribution in [-0.4, -0.2) is 47.7 Å². The molecular formula is C18H23NO4. The molecule has 2 aliphatic rings. The van der Waals surface area contributed by atoms with Gasteiger partial charge in [0.1, 0.15) is 6.10 Å². The summed E-state index contributed by atoms with van der Waals surface area (Å²) in [4.78, 5) is 25.5. The predicted molar refractivity (Wildman–Crippen MR) is 85.4 cm³/mol. The van der Waals surface area contributed by atoms with E-state index in [2.05, 4.69) is 0 Å². The van der Waals surface area contributed by atoms with Crippen molar-refractivity contribution in [2.24, 2.45) is 5.92 Å². The van der Waals surface area contributed by atoms with E-state index in [9.17, 15) is 14.7 Å². The molecule has 0 bridgehead atoms. The zero-order valence-corrected chi connectivity index (χ0v) is 13.2. The van der Waals surface area contributed by atoms with Crippen LogP contribution in [0.25, 0.3) is 0 Å². The third-order valence-corrected chi connectivity index (χ3v) is 4.89. The fourth-order valence-electron chi connectivity index (χ4n) is 3.55. The summed E-state index contributed by atoms with van der Waals surface area (Å²) in [6.45, 7) is 2.19. The number of carboxylic acids is 1. The number of carbonyl (C=O) groups excluding carboxylic acids is 1. The van der Waals surface area contributed by atoms with E-state index in [-0.39, 0.29) is 12.0 Å². The van der Waals surface area contributed by atoms with E-state index in [1.807, 2.05) is 17.0 Å². The third-order valence-electron chi connectivity index (χ3n) is 4.89. The van der Waals surface area contributed by atoms with E-state index in [0.29, 0.717) is 18.1 Å². The number of hydrogen-bond acceptors (Lipinski definition) is 3. The first kappa shape index (κ1) is 16.0. The maximum Gasteiger partial charge on any atom is 0.335 e. The molecular weight excluding hydrogens is 294 g/mol. The molecule has 0 saturated carbocycles. The number of carbonyl (C=O) groups is 2. The largest absolute Gasteiger partial charge is 0.478 e. The Kier molecular flexibility index (Phi) is 4.96. The van der Waals surface area contributed by atoms with Gasteiger partial charge in [-0.15, -0.1) is 0 Å². The molecule has 2 aliphatic heterocycles. The summed E-state index contributed by atoms with van der Waals surface area (Å²) in [6, 6.07) is 7.20. The van der Waals surface area contributed by atoms with E-state index in [1.54, 1.807) is 12.1 Å². The van der Waals surface area contributed by atoms with Crippen LogP contribution in [0.2, 0.25) is 0 Å². The van der Waals surface area contributed by atoms with Crippen molar-refractivity contribution in [3.05, 3.63) is 35.4 Å². The lowest BCUT2D eigenvalue weighted by molar-refractivity contribution is -0.142. The van der Waals surface area contributed by atoms with Crippen molar-refractivity contribution in [3.63, 3.8) is 0 Å². The van der Waals surface area contributed by atoms with E-state index >= 15 is 0 Å². The topological polar surface area (TPSA) is 66.8 Å². The first-order valence-corrected chi connectivity index (χ1v) is 8.36. The van der Waals surface area contributed by atoms with E-state index < -0.39 is 5.97 Å². The fraction of sp³-hybridized carbons (Fsp3) is 0.556. The lowest BCUT2D eigenvalue weighted by Crippen LogP contribution is -2.44. The van der Waals surface area contributed by atoms with Crippen LogP contribution in [-0.2, 0) is 16.0 Å². The quantitative estimate of drug-likeness (QED) is 0.925. The Bertz CT molecular complexity index is 572. The number of piperidine rings is 1. The second-order valence-corrected chi connectivity index (χ2v) is 6.44. The monoisotopic (exact) mass is 317 g/mol. The SMILES string of the molecule is O=C(O)c1ccccc1CC1CCN(C(=O)[C@@H]2CCCO2)CC1. The number of aromatic carboxylic acids is 1. The molecule has 2 heterocycles. The molecule has 23 heavy (non-hydrogen) atoms. The summed E-state index contributed by atoms with van der Waals surface area (Å²) in [5, 5.41) is 9.26. The van der Waals surface area contributed by atoms with Gasteiger partial charge in [0.15, 0.2) is 0 Å². The van der Waals surface area contributed by atoms with Crippen LogP contribution < -0.4 is 0 Å². The van der Waals surface area contributed by atoms with Crippen LogP contribution in [0, 0.1) is 5.92 Å². The normalized spacial score (nSPS) is 22.3. The zero-order chi connectivity index (χ0) is 16.2. The Morgan fingerprint density at radius 3 is 2.57 bits per heavy atom. The van der Waals surface area contributed by atoms with Crippen molar-refractivity contribution in [1.29, 1.82) is 0 Å². The second-order valence-electron chi connectivity index (χ2n) is 6.44. The minimum Gasteiger partial charge on any atom is -0.478 e. The van der Waals surface area contributed by atoms with Crippen LogP contribution in [0.3, 0.4) is 0 Å². The lowest BCUT2D eigenvalue weighted by atomic mass is 9.88. The number of ether oxygens (including phenoxy) is 1. The molecule has 0 spiro atoms. The van der Waals surface area contributed by atoms with Gasteiger partial charge in [0.25, 0.3) is 5.91 Å². The fourth-order valence-corrected chi connectivity index (χ4v) is 3.55. The van der Waals surface area contributed by atoms with Gasteiger partial charge in [-0.3, -0.25) is 4.79 Å². The van der Waals surface area contributed by atoms with Gasteiger partial charge < -0.3 is 14.7 Å². The molecule has 1 aromatic carbocycles. The number of nitrogens with zero attached hydrogens (tertiary/aromatic N) is 1. The van der Waals surface area contributed by atoms with Crippen molar-refractivity contribution < 1.29 is 19.4 Å².